The van der Waals surface area contributed by atoms with Gasteiger partial charge < -0.3 is 19.6 Å². The number of nitrogens with zero attached hydrogens (tertiary/aromatic N) is 6. The van der Waals surface area contributed by atoms with Gasteiger partial charge >= 0.3 is 0 Å². The van der Waals surface area contributed by atoms with E-state index in [4.69, 9.17) is 4.98 Å². The lowest BCUT2D eigenvalue weighted by atomic mass is 10.3. The first-order valence-corrected chi connectivity index (χ1v) is 9.88. The van der Waals surface area contributed by atoms with Crippen molar-refractivity contribution in [3.63, 3.8) is 0 Å². The van der Waals surface area contributed by atoms with E-state index in [1.807, 2.05) is 17.9 Å². The second-order valence-electron chi connectivity index (χ2n) is 6.91. The minimum Gasteiger partial charge on any atom is -0.354 e. The lowest BCUT2D eigenvalue weighted by Crippen LogP contribution is -2.47. The largest absolute Gasteiger partial charge is 0.354 e. The Morgan fingerprint density at radius 3 is 2.24 bits per heavy atom. The van der Waals surface area contributed by atoms with Crippen LogP contribution in [0.25, 0.3) is 0 Å². The Hall–Kier alpha value is -1.38. The molecule has 0 bridgehead atoms. The Morgan fingerprint density at radius 1 is 1.00 bits per heavy atom. The van der Waals surface area contributed by atoms with E-state index in [-0.39, 0.29) is 5.91 Å². The number of amides is 1. The summed E-state index contributed by atoms with van der Waals surface area (Å²) in [4.78, 5) is 30.4. The molecule has 1 aromatic rings. The van der Waals surface area contributed by atoms with Crippen LogP contribution in [-0.4, -0.2) is 103 Å². The molecule has 8 heteroatoms. The third kappa shape index (κ3) is 5.05. The number of aromatic nitrogens is 2. The fourth-order valence-corrected chi connectivity index (χ4v) is 3.86. The SMILES string of the molecule is Cc1cc(N2CCN(C)CC2)nc(SCC(=O)N2CCN(C)CC2)n1. The lowest BCUT2D eigenvalue weighted by molar-refractivity contribution is -0.129. The summed E-state index contributed by atoms with van der Waals surface area (Å²) < 4.78 is 0. The topological polar surface area (TPSA) is 55.8 Å². The molecule has 3 rings (SSSR count). The number of likely N-dealkylation sites (N-methyl/N-ethyl adjacent to an activating group) is 2. The highest BCUT2D eigenvalue weighted by molar-refractivity contribution is 7.99. The highest BCUT2D eigenvalue weighted by Gasteiger charge is 2.20. The van der Waals surface area contributed by atoms with Gasteiger partial charge in [-0.2, -0.15) is 0 Å². The minimum absolute atomic E-state index is 0.185. The van der Waals surface area contributed by atoms with Gasteiger partial charge in [-0.3, -0.25) is 4.79 Å². The van der Waals surface area contributed by atoms with Gasteiger partial charge in [-0.05, 0) is 21.0 Å². The maximum atomic E-state index is 12.4. The number of carbonyl (C=O) groups excluding carboxylic acids is 1. The normalized spacial score (nSPS) is 20.1. The molecule has 138 valence electrons. The first-order valence-electron chi connectivity index (χ1n) is 8.89. The van der Waals surface area contributed by atoms with E-state index in [0.29, 0.717) is 10.9 Å². The molecule has 2 saturated heterocycles. The van der Waals surface area contributed by atoms with Crippen LogP contribution in [0, 0.1) is 6.92 Å². The number of piperazine rings is 2. The average Bonchev–Trinajstić information content (AvgIpc) is 2.60. The summed E-state index contributed by atoms with van der Waals surface area (Å²) in [6.45, 7) is 9.59. The van der Waals surface area contributed by atoms with Crippen LogP contribution in [0.2, 0.25) is 0 Å². The van der Waals surface area contributed by atoms with E-state index in [9.17, 15) is 4.79 Å². The van der Waals surface area contributed by atoms with Crippen molar-refractivity contribution in [2.45, 2.75) is 12.1 Å². The smallest absolute Gasteiger partial charge is 0.233 e. The van der Waals surface area contributed by atoms with E-state index in [0.717, 1.165) is 63.9 Å². The number of carbonyl (C=O) groups is 1. The van der Waals surface area contributed by atoms with Crippen molar-refractivity contribution < 1.29 is 4.79 Å². The van der Waals surface area contributed by atoms with Crippen LogP contribution < -0.4 is 4.90 Å². The van der Waals surface area contributed by atoms with Gasteiger partial charge in [0.2, 0.25) is 5.91 Å². The molecule has 0 unspecified atom stereocenters. The van der Waals surface area contributed by atoms with Gasteiger partial charge in [-0.25, -0.2) is 9.97 Å². The van der Waals surface area contributed by atoms with Crippen molar-refractivity contribution in [3.05, 3.63) is 11.8 Å². The maximum absolute atomic E-state index is 12.4. The number of hydrogen-bond acceptors (Lipinski definition) is 7. The number of rotatable bonds is 4. The van der Waals surface area contributed by atoms with Gasteiger partial charge in [-0.15, -0.1) is 0 Å². The lowest BCUT2D eigenvalue weighted by Gasteiger charge is -2.33. The Kier molecular flexibility index (Phi) is 6.14. The third-order valence-corrected chi connectivity index (χ3v) is 5.66. The van der Waals surface area contributed by atoms with Crippen molar-refractivity contribution in [1.82, 2.24) is 24.7 Å². The van der Waals surface area contributed by atoms with Crippen LogP contribution in [0.1, 0.15) is 5.69 Å². The summed E-state index contributed by atoms with van der Waals surface area (Å²) in [6.07, 6.45) is 0. The Bertz CT molecular complexity index is 597. The zero-order valence-corrected chi connectivity index (χ0v) is 16.3. The van der Waals surface area contributed by atoms with Gasteiger partial charge in [0.25, 0.3) is 0 Å². The van der Waals surface area contributed by atoms with Crippen molar-refractivity contribution >= 4 is 23.5 Å². The number of hydrogen-bond donors (Lipinski definition) is 0. The van der Waals surface area contributed by atoms with E-state index < -0.39 is 0 Å². The second kappa shape index (κ2) is 8.33. The first kappa shape index (κ1) is 18.4. The Balaban J connectivity index is 1.58. The molecule has 2 aliphatic heterocycles. The van der Waals surface area contributed by atoms with Gasteiger partial charge in [-0.1, -0.05) is 11.8 Å². The molecule has 3 heterocycles. The molecule has 0 saturated carbocycles. The molecule has 0 radical (unpaired) electrons. The predicted molar refractivity (Wildman–Crippen MR) is 101 cm³/mol. The van der Waals surface area contributed by atoms with Gasteiger partial charge in [0, 0.05) is 64.1 Å². The van der Waals surface area contributed by atoms with Gasteiger partial charge in [0.15, 0.2) is 5.16 Å². The number of thioether (sulfide) groups is 1. The maximum Gasteiger partial charge on any atom is 0.233 e. The summed E-state index contributed by atoms with van der Waals surface area (Å²) >= 11 is 1.45. The summed E-state index contributed by atoms with van der Waals surface area (Å²) in [6, 6.07) is 2.04. The molecule has 2 fully saturated rings. The third-order valence-electron chi connectivity index (χ3n) is 4.83. The van der Waals surface area contributed by atoms with E-state index in [1.54, 1.807) is 0 Å². The molecule has 1 aromatic heterocycles. The van der Waals surface area contributed by atoms with Crippen LogP contribution >= 0.6 is 11.8 Å². The molecular formula is C17H28N6OS. The quantitative estimate of drug-likeness (QED) is 0.566. The van der Waals surface area contributed by atoms with Crippen LogP contribution in [0.4, 0.5) is 5.82 Å². The van der Waals surface area contributed by atoms with Crippen LogP contribution in [0.3, 0.4) is 0 Å². The monoisotopic (exact) mass is 364 g/mol. The molecule has 1 amide bonds. The summed E-state index contributed by atoms with van der Waals surface area (Å²) in [5.41, 5.74) is 0.957. The van der Waals surface area contributed by atoms with Gasteiger partial charge in [0.05, 0.1) is 5.75 Å². The highest BCUT2D eigenvalue weighted by Crippen LogP contribution is 2.20. The standard InChI is InChI=1S/C17H28N6OS/c1-14-12-15(22-8-4-20(2)5-9-22)19-17(18-14)25-13-16(24)23-10-6-21(3)7-11-23/h12H,4-11,13H2,1-3H3. The molecule has 7 nitrogen and oxygen atoms in total. The highest BCUT2D eigenvalue weighted by atomic mass is 32.2. The Morgan fingerprint density at radius 2 is 1.60 bits per heavy atom. The van der Waals surface area contributed by atoms with Crippen molar-refractivity contribution in [2.75, 3.05) is 77.1 Å². The molecule has 25 heavy (non-hydrogen) atoms. The van der Waals surface area contributed by atoms with Crippen LogP contribution in [0.5, 0.6) is 0 Å². The predicted octanol–water partition coefficient (Wildman–Crippen LogP) is 0.403. The Labute approximate surface area is 154 Å². The van der Waals surface area contributed by atoms with Crippen LogP contribution in [0.15, 0.2) is 11.2 Å². The zero-order valence-electron chi connectivity index (χ0n) is 15.4. The van der Waals surface area contributed by atoms with Crippen molar-refractivity contribution in [2.24, 2.45) is 0 Å². The molecule has 0 aliphatic carbocycles. The molecule has 0 N–H and O–H groups in total. The van der Waals surface area contributed by atoms with Crippen molar-refractivity contribution in [1.29, 1.82) is 0 Å². The first-order chi connectivity index (χ1) is 12.0. The van der Waals surface area contributed by atoms with E-state index in [1.165, 1.54) is 11.8 Å². The summed E-state index contributed by atoms with van der Waals surface area (Å²) in [5.74, 6) is 1.58. The fourth-order valence-electron chi connectivity index (χ4n) is 3.06. The molecule has 0 aromatic carbocycles. The molecular weight excluding hydrogens is 336 g/mol. The van der Waals surface area contributed by atoms with E-state index >= 15 is 0 Å². The number of aryl methyl sites for hydroxylation is 1. The molecule has 0 atom stereocenters. The average molecular weight is 365 g/mol. The number of anilines is 1. The summed E-state index contributed by atoms with van der Waals surface area (Å²) in [5, 5.41) is 0.705. The zero-order chi connectivity index (χ0) is 17.8. The minimum atomic E-state index is 0.185. The van der Waals surface area contributed by atoms with Crippen LogP contribution in [-0.2, 0) is 4.79 Å². The van der Waals surface area contributed by atoms with Crippen molar-refractivity contribution in [3.8, 4) is 0 Å². The molecule has 2 aliphatic rings. The fraction of sp³-hybridized carbons (Fsp3) is 0.706. The molecule has 0 spiro atoms. The second-order valence-corrected chi connectivity index (χ2v) is 7.86. The van der Waals surface area contributed by atoms with E-state index in [2.05, 4.69) is 33.8 Å². The van der Waals surface area contributed by atoms with Gasteiger partial charge in [0.1, 0.15) is 5.82 Å². The summed E-state index contributed by atoms with van der Waals surface area (Å²) in [7, 11) is 4.24.